The molecule has 1 aromatic rings. The quantitative estimate of drug-likeness (QED) is 0.677. The fraction of sp³-hybridized carbons (Fsp3) is 0.222. The van der Waals surface area contributed by atoms with E-state index in [1.165, 1.54) is 12.1 Å². The number of aryl methyl sites for hydroxylation is 2. The number of carbonyl (C=O) groups is 1. The number of halogens is 1. The van der Waals surface area contributed by atoms with Gasteiger partial charge in [0.15, 0.2) is 0 Å². The average molecular weight is 167 g/mol. The lowest BCUT2D eigenvalue weighted by Crippen LogP contribution is -2.14. The van der Waals surface area contributed by atoms with Gasteiger partial charge in [-0.25, -0.2) is 4.39 Å². The van der Waals surface area contributed by atoms with Crippen LogP contribution in [0.15, 0.2) is 12.1 Å². The van der Waals surface area contributed by atoms with E-state index in [1.807, 2.05) is 0 Å². The second kappa shape index (κ2) is 2.93. The largest absolute Gasteiger partial charge is 0.366 e. The Balaban J connectivity index is 3.38. The molecular weight excluding hydrogens is 157 g/mol. The number of hydrogen-bond acceptors (Lipinski definition) is 1. The third kappa shape index (κ3) is 1.44. The molecule has 0 saturated carbocycles. The van der Waals surface area contributed by atoms with Crippen LogP contribution in [0.5, 0.6) is 0 Å². The molecule has 0 aliphatic carbocycles. The smallest absolute Gasteiger partial charge is 0.249 e. The van der Waals surface area contributed by atoms with E-state index in [4.69, 9.17) is 5.73 Å². The van der Waals surface area contributed by atoms with Crippen molar-refractivity contribution < 1.29 is 9.18 Å². The zero-order chi connectivity index (χ0) is 9.30. The molecule has 2 N–H and O–H groups in total. The molecular formula is C9H10FNO. The molecule has 3 heteroatoms. The maximum Gasteiger partial charge on any atom is 0.249 e. The summed E-state index contributed by atoms with van der Waals surface area (Å²) >= 11 is 0. The number of hydrogen-bond donors (Lipinski definition) is 1. The van der Waals surface area contributed by atoms with Gasteiger partial charge in [-0.2, -0.15) is 0 Å². The van der Waals surface area contributed by atoms with Gasteiger partial charge in [-0.3, -0.25) is 4.79 Å². The van der Waals surface area contributed by atoms with Crippen LogP contribution in [0.3, 0.4) is 0 Å². The number of primary amides is 1. The molecule has 12 heavy (non-hydrogen) atoms. The predicted octanol–water partition coefficient (Wildman–Crippen LogP) is 1.54. The van der Waals surface area contributed by atoms with Gasteiger partial charge in [0.05, 0.1) is 0 Å². The van der Waals surface area contributed by atoms with Gasteiger partial charge in [-0.1, -0.05) is 0 Å². The summed E-state index contributed by atoms with van der Waals surface area (Å²) in [5, 5.41) is 0. The lowest BCUT2D eigenvalue weighted by Gasteiger charge is -2.05. The van der Waals surface area contributed by atoms with Crippen molar-refractivity contribution in [2.45, 2.75) is 13.8 Å². The Morgan fingerprint density at radius 3 is 2.08 bits per heavy atom. The highest BCUT2D eigenvalue weighted by atomic mass is 19.1. The van der Waals surface area contributed by atoms with E-state index in [0.717, 1.165) is 0 Å². The highest BCUT2D eigenvalue weighted by Crippen LogP contribution is 2.14. The molecule has 1 amide bonds. The van der Waals surface area contributed by atoms with Gasteiger partial charge in [0.1, 0.15) is 5.82 Å². The lowest BCUT2D eigenvalue weighted by atomic mass is 10.0. The van der Waals surface area contributed by atoms with Crippen LogP contribution in [0, 0.1) is 19.7 Å². The van der Waals surface area contributed by atoms with Gasteiger partial charge < -0.3 is 5.73 Å². The molecule has 0 heterocycles. The van der Waals surface area contributed by atoms with Crippen molar-refractivity contribution in [1.82, 2.24) is 0 Å². The van der Waals surface area contributed by atoms with Gasteiger partial charge in [-0.15, -0.1) is 0 Å². The van der Waals surface area contributed by atoms with E-state index in [2.05, 4.69) is 0 Å². The van der Waals surface area contributed by atoms with Crippen molar-refractivity contribution in [2.24, 2.45) is 5.73 Å². The molecule has 64 valence electrons. The minimum Gasteiger partial charge on any atom is -0.366 e. The summed E-state index contributed by atoms with van der Waals surface area (Å²) in [6, 6.07) is 2.60. The minimum absolute atomic E-state index is 0.338. The van der Waals surface area contributed by atoms with Crippen LogP contribution in [-0.4, -0.2) is 5.91 Å². The second-order valence-corrected chi connectivity index (χ2v) is 2.78. The first kappa shape index (κ1) is 8.71. The summed E-state index contributed by atoms with van der Waals surface area (Å²) in [6.07, 6.45) is 0. The van der Waals surface area contributed by atoms with E-state index in [0.29, 0.717) is 16.7 Å². The first-order valence-corrected chi connectivity index (χ1v) is 3.59. The monoisotopic (exact) mass is 167 g/mol. The zero-order valence-electron chi connectivity index (χ0n) is 7.02. The number of rotatable bonds is 1. The highest BCUT2D eigenvalue weighted by Gasteiger charge is 2.09. The molecule has 0 aliphatic heterocycles. The summed E-state index contributed by atoms with van der Waals surface area (Å²) < 4.78 is 12.7. The SMILES string of the molecule is Cc1cc(F)cc(C)c1C(N)=O. The van der Waals surface area contributed by atoms with E-state index in [-0.39, 0.29) is 5.82 Å². The Morgan fingerprint density at radius 2 is 1.75 bits per heavy atom. The molecule has 0 radical (unpaired) electrons. The van der Waals surface area contributed by atoms with Crippen molar-refractivity contribution >= 4 is 5.91 Å². The number of benzene rings is 1. The van der Waals surface area contributed by atoms with Crippen molar-refractivity contribution in [3.05, 3.63) is 34.6 Å². The Morgan fingerprint density at radius 1 is 1.33 bits per heavy atom. The first-order valence-electron chi connectivity index (χ1n) is 3.59. The molecule has 0 atom stereocenters. The molecule has 0 fully saturated rings. The van der Waals surface area contributed by atoms with Crippen LogP contribution in [0.1, 0.15) is 21.5 Å². The third-order valence-corrected chi connectivity index (χ3v) is 1.74. The molecule has 0 saturated heterocycles. The maximum atomic E-state index is 12.7. The van der Waals surface area contributed by atoms with Crippen LogP contribution in [-0.2, 0) is 0 Å². The molecule has 0 unspecified atom stereocenters. The van der Waals surface area contributed by atoms with E-state index in [9.17, 15) is 9.18 Å². The summed E-state index contributed by atoms with van der Waals surface area (Å²) in [5.74, 6) is -0.847. The van der Waals surface area contributed by atoms with E-state index in [1.54, 1.807) is 13.8 Å². The summed E-state index contributed by atoms with van der Waals surface area (Å²) in [7, 11) is 0. The van der Waals surface area contributed by atoms with E-state index >= 15 is 0 Å². The van der Waals surface area contributed by atoms with Crippen LogP contribution >= 0.6 is 0 Å². The Labute approximate surface area is 70.2 Å². The van der Waals surface area contributed by atoms with Crippen LogP contribution in [0.4, 0.5) is 4.39 Å². The second-order valence-electron chi connectivity index (χ2n) is 2.78. The van der Waals surface area contributed by atoms with Crippen LogP contribution in [0.25, 0.3) is 0 Å². The average Bonchev–Trinajstić information content (AvgIpc) is 1.82. The molecule has 1 rings (SSSR count). The fourth-order valence-electron chi connectivity index (χ4n) is 1.30. The Kier molecular flexibility index (Phi) is 2.13. The molecule has 1 aromatic carbocycles. The Hall–Kier alpha value is -1.38. The summed E-state index contributed by atoms with van der Waals surface area (Å²) in [5.41, 5.74) is 6.68. The van der Waals surface area contributed by atoms with Gasteiger partial charge in [0.25, 0.3) is 0 Å². The van der Waals surface area contributed by atoms with Crippen molar-refractivity contribution in [3.63, 3.8) is 0 Å². The molecule has 2 nitrogen and oxygen atoms in total. The molecule has 0 bridgehead atoms. The normalized spacial score (nSPS) is 9.92. The molecule has 0 aliphatic rings. The predicted molar refractivity (Wildman–Crippen MR) is 44.4 cm³/mol. The number of nitrogens with two attached hydrogens (primary N) is 1. The Bertz CT molecular complexity index is 310. The van der Waals surface area contributed by atoms with Crippen LogP contribution in [0.2, 0.25) is 0 Å². The minimum atomic E-state index is -0.509. The van der Waals surface area contributed by atoms with Crippen LogP contribution < -0.4 is 5.73 Å². The molecule has 0 aromatic heterocycles. The topological polar surface area (TPSA) is 43.1 Å². The lowest BCUT2D eigenvalue weighted by molar-refractivity contribution is 0.0999. The van der Waals surface area contributed by atoms with Gasteiger partial charge in [-0.05, 0) is 37.1 Å². The van der Waals surface area contributed by atoms with Crippen molar-refractivity contribution in [3.8, 4) is 0 Å². The third-order valence-electron chi connectivity index (χ3n) is 1.74. The van der Waals surface area contributed by atoms with E-state index < -0.39 is 5.91 Å². The number of amides is 1. The van der Waals surface area contributed by atoms with Gasteiger partial charge in [0, 0.05) is 5.56 Å². The first-order chi connectivity index (χ1) is 5.52. The van der Waals surface area contributed by atoms with Gasteiger partial charge >= 0.3 is 0 Å². The van der Waals surface area contributed by atoms with Gasteiger partial charge in [0.2, 0.25) is 5.91 Å². The maximum absolute atomic E-state index is 12.7. The van der Waals surface area contributed by atoms with Crippen molar-refractivity contribution in [1.29, 1.82) is 0 Å². The summed E-state index contributed by atoms with van der Waals surface area (Å²) in [4.78, 5) is 10.9. The highest BCUT2D eigenvalue weighted by molar-refractivity contribution is 5.95. The standard InChI is InChI=1S/C9H10FNO/c1-5-3-7(10)4-6(2)8(5)9(11)12/h3-4H,1-2H3,(H2,11,12). The fourth-order valence-corrected chi connectivity index (χ4v) is 1.30. The molecule has 0 spiro atoms. The summed E-state index contributed by atoms with van der Waals surface area (Å²) in [6.45, 7) is 3.33. The van der Waals surface area contributed by atoms with Crippen molar-refractivity contribution in [2.75, 3.05) is 0 Å². The number of carbonyl (C=O) groups excluding carboxylic acids is 1. The zero-order valence-corrected chi connectivity index (χ0v) is 7.02.